The van der Waals surface area contributed by atoms with E-state index in [0.29, 0.717) is 6.61 Å². The molecule has 1 rings (SSSR count). The summed E-state index contributed by atoms with van der Waals surface area (Å²) in [5.41, 5.74) is 0. The number of halogens is 3. The van der Waals surface area contributed by atoms with Gasteiger partial charge in [0.25, 0.3) is 0 Å². The van der Waals surface area contributed by atoms with Crippen molar-refractivity contribution in [3.63, 3.8) is 0 Å². The number of carboxylic acid groups (broad SMARTS) is 1. The highest BCUT2D eigenvalue weighted by molar-refractivity contribution is 5.74. The Morgan fingerprint density at radius 3 is 2.00 bits per heavy atom. The summed E-state index contributed by atoms with van der Waals surface area (Å²) in [5.74, 6) is -2.50. The SMILES string of the molecule is CCOC(=O)C1CC1.O=C(O)C(F)(F)F. The van der Waals surface area contributed by atoms with Crippen LogP contribution in [0.2, 0.25) is 0 Å². The number of rotatable bonds is 2. The molecule has 0 atom stereocenters. The largest absolute Gasteiger partial charge is 0.490 e. The van der Waals surface area contributed by atoms with E-state index in [-0.39, 0.29) is 11.9 Å². The number of carbonyl (C=O) groups excluding carboxylic acids is 1. The predicted molar refractivity (Wildman–Crippen MR) is 43.0 cm³/mol. The van der Waals surface area contributed by atoms with Gasteiger partial charge in [-0.3, -0.25) is 4.79 Å². The van der Waals surface area contributed by atoms with Crippen LogP contribution in [0.15, 0.2) is 0 Å². The van der Waals surface area contributed by atoms with Gasteiger partial charge in [0.05, 0.1) is 12.5 Å². The average molecular weight is 228 g/mol. The van der Waals surface area contributed by atoms with Crippen molar-refractivity contribution in [2.75, 3.05) is 6.61 Å². The summed E-state index contributed by atoms with van der Waals surface area (Å²) in [5, 5.41) is 7.12. The molecule has 1 aliphatic carbocycles. The first-order chi connectivity index (χ1) is 6.79. The summed E-state index contributed by atoms with van der Waals surface area (Å²) in [7, 11) is 0. The maximum absolute atomic E-state index is 10.6. The van der Waals surface area contributed by atoms with E-state index in [4.69, 9.17) is 14.6 Å². The lowest BCUT2D eigenvalue weighted by Gasteiger charge is -1.95. The summed E-state index contributed by atoms with van der Waals surface area (Å²) in [4.78, 5) is 19.5. The van der Waals surface area contributed by atoms with Crippen molar-refractivity contribution in [2.45, 2.75) is 25.9 Å². The molecule has 1 N–H and O–H groups in total. The predicted octanol–water partition coefficient (Wildman–Crippen LogP) is 1.59. The fourth-order valence-corrected chi connectivity index (χ4v) is 0.579. The van der Waals surface area contributed by atoms with Gasteiger partial charge in [0.2, 0.25) is 0 Å². The maximum Gasteiger partial charge on any atom is 0.490 e. The molecule has 0 radical (unpaired) electrons. The number of hydrogen-bond donors (Lipinski definition) is 1. The molecule has 0 aliphatic heterocycles. The lowest BCUT2D eigenvalue weighted by atomic mass is 10.4. The topological polar surface area (TPSA) is 63.6 Å². The van der Waals surface area contributed by atoms with Crippen molar-refractivity contribution in [3.8, 4) is 0 Å². The summed E-state index contributed by atoms with van der Waals surface area (Å²) >= 11 is 0. The third kappa shape index (κ3) is 6.75. The first-order valence-corrected chi connectivity index (χ1v) is 4.25. The van der Waals surface area contributed by atoms with Crippen LogP contribution < -0.4 is 0 Å². The van der Waals surface area contributed by atoms with Crippen molar-refractivity contribution in [1.82, 2.24) is 0 Å². The zero-order valence-corrected chi connectivity index (χ0v) is 8.00. The Kier molecular flexibility index (Phi) is 5.10. The van der Waals surface area contributed by atoms with Crippen LogP contribution in [-0.4, -0.2) is 29.8 Å². The van der Waals surface area contributed by atoms with Crippen molar-refractivity contribution >= 4 is 11.9 Å². The molecule has 0 heterocycles. The quantitative estimate of drug-likeness (QED) is 0.729. The summed E-state index contributed by atoms with van der Waals surface area (Å²) in [6.07, 6.45) is -3.00. The second-order valence-corrected chi connectivity index (χ2v) is 2.83. The average Bonchev–Trinajstić information content (AvgIpc) is 2.85. The Morgan fingerprint density at radius 1 is 1.40 bits per heavy atom. The highest BCUT2D eigenvalue weighted by atomic mass is 19.4. The summed E-state index contributed by atoms with van der Waals surface area (Å²) in [6.45, 7) is 2.36. The van der Waals surface area contributed by atoms with E-state index in [1.165, 1.54) is 0 Å². The van der Waals surface area contributed by atoms with E-state index < -0.39 is 12.1 Å². The molecule has 1 saturated carbocycles. The molecular formula is C8H11F3O4. The lowest BCUT2D eigenvalue weighted by molar-refractivity contribution is -0.192. The Bertz CT molecular complexity index is 233. The first kappa shape index (κ1) is 13.7. The van der Waals surface area contributed by atoms with Crippen LogP contribution in [0.25, 0.3) is 0 Å². The van der Waals surface area contributed by atoms with E-state index >= 15 is 0 Å². The van der Waals surface area contributed by atoms with Gasteiger partial charge in [-0.25, -0.2) is 4.79 Å². The second-order valence-electron chi connectivity index (χ2n) is 2.83. The minimum absolute atomic E-state index is 0.00694. The van der Waals surface area contributed by atoms with Crippen molar-refractivity contribution < 1.29 is 32.6 Å². The molecule has 4 nitrogen and oxygen atoms in total. The molecule has 15 heavy (non-hydrogen) atoms. The van der Waals surface area contributed by atoms with Crippen LogP contribution >= 0.6 is 0 Å². The third-order valence-corrected chi connectivity index (χ3v) is 1.44. The van der Waals surface area contributed by atoms with Crippen LogP contribution in [0.1, 0.15) is 19.8 Å². The van der Waals surface area contributed by atoms with Gasteiger partial charge in [-0.1, -0.05) is 0 Å². The molecule has 0 saturated heterocycles. The van der Waals surface area contributed by atoms with Crippen LogP contribution in [-0.2, 0) is 14.3 Å². The van der Waals surface area contributed by atoms with E-state index in [9.17, 15) is 18.0 Å². The highest BCUT2D eigenvalue weighted by Crippen LogP contribution is 2.29. The first-order valence-electron chi connectivity index (χ1n) is 4.25. The molecule has 0 aromatic heterocycles. The minimum Gasteiger partial charge on any atom is -0.475 e. The summed E-state index contributed by atoms with van der Waals surface area (Å²) < 4.78 is 36.5. The zero-order chi connectivity index (χ0) is 12.1. The van der Waals surface area contributed by atoms with E-state index in [1.54, 1.807) is 0 Å². The molecule has 0 amide bonds. The second kappa shape index (κ2) is 5.57. The van der Waals surface area contributed by atoms with Crippen LogP contribution in [0, 0.1) is 5.92 Å². The van der Waals surface area contributed by atoms with Gasteiger partial charge in [-0.2, -0.15) is 13.2 Å². The van der Waals surface area contributed by atoms with Crippen molar-refractivity contribution in [1.29, 1.82) is 0 Å². The molecule has 1 fully saturated rings. The monoisotopic (exact) mass is 228 g/mol. The number of alkyl halides is 3. The molecule has 88 valence electrons. The molecule has 0 aromatic carbocycles. The Hall–Kier alpha value is -1.27. The van der Waals surface area contributed by atoms with Gasteiger partial charge in [-0.05, 0) is 19.8 Å². The molecule has 0 bridgehead atoms. The van der Waals surface area contributed by atoms with Crippen LogP contribution in [0.3, 0.4) is 0 Å². The molecule has 1 aliphatic rings. The number of aliphatic carboxylic acids is 1. The molecule has 0 aromatic rings. The lowest BCUT2D eigenvalue weighted by Crippen LogP contribution is -2.21. The maximum atomic E-state index is 10.6. The fourth-order valence-electron chi connectivity index (χ4n) is 0.579. The number of carbonyl (C=O) groups is 2. The standard InChI is InChI=1S/C6H10O2.C2HF3O2/c1-2-8-6(7)5-3-4-5;3-2(4,5)1(6)7/h5H,2-4H2,1H3;(H,6,7). The molecule has 0 unspecified atom stereocenters. The zero-order valence-electron chi connectivity index (χ0n) is 8.00. The number of ether oxygens (including phenoxy) is 1. The van der Waals surface area contributed by atoms with Gasteiger partial charge >= 0.3 is 18.1 Å². The number of carboxylic acids is 1. The van der Waals surface area contributed by atoms with Crippen LogP contribution in [0.5, 0.6) is 0 Å². The minimum atomic E-state index is -5.08. The van der Waals surface area contributed by atoms with E-state index in [0.717, 1.165) is 12.8 Å². The van der Waals surface area contributed by atoms with Crippen molar-refractivity contribution in [2.24, 2.45) is 5.92 Å². The highest BCUT2D eigenvalue weighted by Gasteiger charge is 2.38. The number of hydrogen-bond acceptors (Lipinski definition) is 3. The van der Waals surface area contributed by atoms with Crippen molar-refractivity contribution in [3.05, 3.63) is 0 Å². The third-order valence-electron chi connectivity index (χ3n) is 1.44. The van der Waals surface area contributed by atoms with Gasteiger partial charge in [0.1, 0.15) is 0 Å². The van der Waals surface area contributed by atoms with Crippen LogP contribution in [0.4, 0.5) is 13.2 Å². The Labute approximate surface area is 84.0 Å². The van der Waals surface area contributed by atoms with E-state index in [1.807, 2.05) is 6.92 Å². The smallest absolute Gasteiger partial charge is 0.475 e. The van der Waals surface area contributed by atoms with E-state index in [2.05, 4.69) is 0 Å². The van der Waals surface area contributed by atoms with Gasteiger partial charge in [0.15, 0.2) is 0 Å². The molecule has 0 spiro atoms. The summed E-state index contributed by atoms with van der Waals surface area (Å²) in [6, 6.07) is 0. The normalized spacial score (nSPS) is 14.9. The fraction of sp³-hybridized carbons (Fsp3) is 0.750. The van der Waals surface area contributed by atoms with Gasteiger partial charge in [-0.15, -0.1) is 0 Å². The Balaban J connectivity index is 0.000000265. The number of esters is 1. The van der Waals surface area contributed by atoms with Gasteiger partial charge < -0.3 is 9.84 Å². The molecule has 7 heteroatoms. The Morgan fingerprint density at radius 2 is 1.80 bits per heavy atom. The molecular weight excluding hydrogens is 217 g/mol. The van der Waals surface area contributed by atoms with Gasteiger partial charge in [0, 0.05) is 0 Å².